The van der Waals surface area contributed by atoms with Crippen LogP contribution in [0.1, 0.15) is 12.8 Å². The number of hydrogen-bond acceptors (Lipinski definition) is 2. The molecule has 2 heterocycles. The molecule has 1 aliphatic rings. The first-order valence-electron chi connectivity index (χ1n) is 5.60. The van der Waals surface area contributed by atoms with Crippen LogP contribution in [0.5, 0.6) is 0 Å². The van der Waals surface area contributed by atoms with Gasteiger partial charge in [-0.15, -0.1) is 0 Å². The fraction of sp³-hybridized carbons (Fsp3) is 0.417. The highest BCUT2D eigenvalue weighted by Gasteiger charge is 2.21. The SMILES string of the molecule is C=CC(=O)N1CCCC(Nc2cc[nH]c2)C1. The van der Waals surface area contributed by atoms with Crippen molar-refractivity contribution in [3.8, 4) is 0 Å². The summed E-state index contributed by atoms with van der Waals surface area (Å²) in [7, 11) is 0. The van der Waals surface area contributed by atoms with Crippen molar-refractivity contribution < 1.29 is 4.79 Å². The summed E-state index contributed by atoms with van der Waals surface area (Å²) in [5.41, 5.74) is 1.08. The maximum absolute atomic E-state index is 11.5. The minimum absolute atomic E-state index is 0.0283. The van der Waals surface area contributed by atoms with Gasteiger partial charge in [0.25, 0.3) is 0 Å². The molecule has 1 amide bonds. The van der Waals surface area contributed by atoms with Gasteiger partial charge >= 0.3 is 0 Å². The Morgan fingerprint density at radius 1 is 1.69 bits per heavy atom. The van der Waals surface area contributed by atoms with Crippen LogP contribution < -0.4 is 5.32 Å². The average Bonchev–Trinajstić information content (AvgIpc) is 2.81. The molecule has 1 atom stereocenters. The van der Waals surface area contributed by atoms with Crippen molar-refractivity contribution in [2.45, 2.75) is 18.9 Å². The Labute approximate surface area is 95.3 Å². The van der Waals surface area contributed by atoms with Crippen LogP contribution in [0.3, 0.4) is 0 Å². The molecule has 2 N–H and O–H groups in total. The molecule has 1 saturated heterocycles. The third-order valence-corrected chi connectivity index (χ3v) is 2.88. The summed E-state index contributed by atoms with van der Waals surface area (Å²) in [6.07, 6.45) is 7.35. The molecule has 0 saturated carbocycles. The molecular weight excluding hydrogens is 202 g/mol. The third-order valence-electron chi connectivity index (χ3n) is 2.88. The molecule has 0 radical (unpaired) electrons. The molecule has 0 bridgehead atoms. The van der Waals surface area contributed by atoms with Gasteiger partial charge in [0.05, 0.1) is 5.69 Å². The van der Waals surface area contributed by atoms with Crippen molar-refractivity contribution in [1.82, 2.24) is 9.88 Å². The van der Waals surface area contributed by atoms with E-state index in [0.717, 1.165) is 31.6 Å². The van der Waals surface area contributed by atoms with E-state index < -0.39 is 0 Å². The molecule has 1 aliphatic heterocycles. The molecule has 1 fully saturated rings. The zero-order valence-electron chi connectivity index (χ0n) is 9.28. The standard InChI is InChI=1S/C12H17N3O/c1-2-12(16)15-7-3-4-11(9-15)14-10-5-6-13-8-10/h2,5-6,8,11,13-14H,1,3-4,7,9H2. The molecule has 0 aromatic carbocycles. The Bertz CT molecular complexity index is 358. The number of amides is 1. The van der Waals surface area contributed by atoms with Gasteiger partial charge in [0.2, 0.25) is 5.91 Å². The monoisotopic (exact) mass is 219 g/mol. The van der Waals surface area contributed by atoms with E-state index in [1.807, 2.05) is 23.4 Å². The number of aromatic nitrogens is 1. The van der Waals surface area contributed by atoms with Crippen molar-refractivity contribution in [2.24, 2.45) is 0 Å². The summed E-state index contributed by atoms with van der Waals surface area (Å²) < 4.78 is 0. The van der Waals surface area contributed by atoms with Gasteiger partial charge in [0, 0.05) is 31.5 Å². The fourth-order valence-electron chi connectivity index (χ4n) is 2.07. The van der Waals surface area contributed by atoms with Crippen molar-refractivity contribution in [1.29, 1.82) is 0 Å². The van der Waals surface area contributed by atoms with Crippen LogP contribution in [0.2, 0.25) is 0 Å². The van der Waals surface area contributed by atoms with Crippen LogP contribution in [-0.4, -0.2) is 34.9 Å². The van der Waals surface area contributed by atoms with Crippen LogP contribution >= 0.6 is 0 Å². The average molecular weight is 219 g/mol. The van der Waals surface area contributed by atoms with E-state index >= 15 is 0 Å². The molecule has 2 rings (SSSR count). The van der Waals surface area contributed by atoms with Gasteiger partial charge in [0.1, 0.15) is 0 Å². The molecule has 86 valence electrons. The van der Waals surface area contributed by atoms with Crippen molar-refractivity contribution >= 4 is 11.6 Å². The van der Waals surface area contributed by atoms with E-state index in [1.165, 1.54) is 6.08 Å². The number of H-pyrrole nitrogens is 1. The molecule has 4 heteroatoms. The molecule has 1 aromatic rings. The van der Waals surface area contributed by atoms with Gasteiger partial charge in [0.15, 0.2) is 0 Å². The van der Waals surface area contributed by atoms with Gasteiger partial charge in [-0.3, -0.25) is 4.79 Å². The normalized spacial score (nSPS) is 20.5. The van der Waals surface area contributed by atoms with Gasteiger partial charge in [-0.2, -0.15) is 0 Å². The van der Waals surface area contributed by atoms with E-state index in [9.17, 15) is 4.79 Å². The van der Waals surface area contributed by atoms with Crippen molar-refractivity contribution in [2.75, 3.05) is 18.4 Å². The first-order chi connectivity index (χ1) is 7.79. The Balaban J connectivity index is 1.91. The molecule has 1 unspecified atom stereocenters. The number of carbonyl (C=O) groups excluding carboxylic acids is 1. The second kappa shape index (κ2) is 4.88. The summed E-state index contributed by atoms with van der Waals surface area (Å²) in [5, 5.41) is 3.41. The quantitative estimate of drug-likeness (QED) is 0.759. The van der Waals surface area contributed by atoms with E-state index in [2.05, 4.69) is 16.9 Å². The number of rotatable bonds is 3. The van der Waals surface area contributed by atoms with E-state index in [0.29, 0.717) is 6.04 Å². The van der Waals surface area contributed by atoms with E-state index in [1.54, 1.807) is 0 Å². The number of hydrogen-bond donors (Lipinski definition) is 2. The zero-order valence-corrected chi connectivity index (χ0v) is 9.28. The molecule has 1 aromatic heterocycles. The lowest BCUT2D eigenvalue weighted by molar-refractivity contribution is -0.127. The number of carbonyl (C=O) groups is 1. The molecule has 0 spiro atoms. The Kier molecular flexibility index (Phi) is 3.29. The van der Waals surface area contributed by atoms with Gasteiger partial charge in [-0.25, -0.2) is 0 Å². The maximum atomic E-state index is 11.5. The molecule has 0 aliphatic carbocycles. The van der Waals surface area contributed by atoms with Crippen LogP contribution in [0, 0.1) is 0 Å². The second-order valence-electron chi connectivity index (χ2n) is 4.07. The summed E-state index contributed by atoms with van der Waals surface area (Å²) in [5.74, 6) is 0.0283. The summed E-state index contributed by atoms with van der Waals surface area (Å²) >= 11 is 0. The van der Waals surface area contributed by atoms with Gasteiger partial charge in [-0.05, 0) is 25.0 Å². The number of nitrogens with zero attached hydrogens (tertiary/aromatic N) is 1. The molecular formula is C12H17N3O. The van der Waals surface area contributed by atoms with Gasteiger partial charge in [-0.1, -0.05) is 6.58 Å². The third kappa shape index (κ3) is 2.45. The number of aromatic amines is 1. The van der Waals surface area contributed by atoms with Crippen LogP contribution in [0.4, 0.5) is 5.69 Å². The zero-order chi connectivity index (χ0) is 11.4. The van der Waals surface area contributed by atoms with Crippen LogP contribution in [0.15, 0.2) is 31.1 Å². The van der Waals surface area contributed by atoms with Crippen LogP contribution in [-0.2, 0) is 4.79 Å². The number of likely N-dealkylation sites (tertiary alicyclic amines) is 1. The second-order valence-corrected chi connectivity index (χ2v) is 4.07. The van der Waals surface area contributed by atoms with Crippen molar-refractivity contribution in [3.05, 3.63) is 31.1 Å². The lowest BCUT2D eigenvalue weighted by Crippen LogP contribution is -2.44. The predicted octanol–water partition coefficient (Wildman–Crippen LogP) is 1.60. The first-order valence-corrected chi connectivity index (χ1v) is 5.60. The van der Waals surface area contributed by atoms with E-state index in [-0.39, 0.29) is 5.91 Å². The lowest BCUT2D eigenvalue weighted by atomic mass is 10.1. The van der Waals surface area contributed by atoms with Crippen LogP contribution in [0.25, 0.3) is 0 Å². The Morgan fingerprint density at radius 2 is 2.56 bits per heavy atom. The highest BCUT2D eigenvalue weighted by molar-refractivity contribution is 5.87. The van der Waals surface area contributed by atoms with E-state index in [4.69, 9.17) is 0 Å². The topological polar surface area (TPSA) is 48.1 Å². The number of anilines is 1. The smallest absolute Gasteiger partial charge is 0.246 e. The first kappa shape index (κ1) is 10.8. The summed E-state index contributed by atoms with van der Waals surface area (Å²) in [6, 6.07) is 2.34. The largest absolute Gasteiger partial charge is 0.379 e. The number of nitrogens with one attached hydrogen (secondary N) is 2. The number of piperidine rings is 1. The highest BCUT2D eigenvalue weighted by Crippen LogP contribution is 2.15. The van der Waals surface area contributed by atoms with Gasteiger partial charge < -0.3 is 15.2 Å². The molecule has 4 nitrogen and oxygen atoms in total. The predicted molar refractivity (Wildman–Crippen MR) is 64.2 cm³/mol. The Hall–Kier alpha value is -1.71. The molecule has 16 heavy (non-hydrogen) atoms. The highest BCUT2D eigenvalue weighted by atomic mass is 16.2. The minimum Gasteiger partial charge on any atom is -0.379 e. The minimum atomic E-state index is 0.0283. The summed E-state index contributed by atoms with van der Waals surface area (Å²) in [4.78, 5) is 16.3. The maximum Gasteiger partial charge on any atom is 0.246 e. The summed E-state index contributed by atoms with van der Waals surface area (Å²) in [6.45, 7) is 5.12. The Morgan fingerprint density at radius 3 is 3.25 bits per heavy atom. The lowest BCUT2D eigenvalue weighted by Gasteiger charge is -2.32. The van der Waals surface area contributed by atoms with Crippen molar-refractivity contribution in [3.63, 3.8) is 0 Å². The fourth-order valence-corrected chi connectivity index (χ4v) is 2.07.